The molecule has 2 aromatic carbocycles. The van der Waals surface area contributed by atoms with E-state index in [0.717, 1.165) is 59.7 Å². The lowest BCUT2D eigenvalue weighted by molar-refractivity contribution is 0.122. The Labute approximate surface area is 152 Å². The molecule has 0 atom stereocenters. The van der Waals surface area contributed by atoms with Gasteiger partial charge in [-0.15, -0.1) is 0 Å². The summed E-state index contributed by atoms with van der Waals surface area (Å²) in [6, 6.07) is 16.3. The van der Waals surface area contributed by atoms with Gasteiger partial charge in [0.2, 0.25) is 0 Å². The van der Waals surface area contributed by atoms with Crippen LogP contribution >= 0.6 is 0 Å². The Morgan fingerprint density at radius 3 is 2.58 bits per heavy atom. The van der Waals surface area contributed by atoms with E-state index in [2.05, 4.69) is 33.0 Å². The van der Waals surface area contributed by atoms with Gasteiger partial charge in [0.1, 0.15) is 0 Å². The molecule has 5 heteroatoms. The molecule has 5 nitrogen and oxygen atoms in total. The van der Waals surface area contributed by atoms with E-state index in [4.69, 9.17) is 4.74 Å². The standard InChI is InChI=1S/C21H23N3O2/c1-23(2)20-6-4-3-5-17(20)19-13-15-7-8-16(14-18(15)21(25)22-19)24-9-11-26-12-10-24/h3-8,13-14H,9-12H2,1-2H3,(H,22,25). The molecular formula is C21H23N3O2. The molecule has 0 spiro atoms. The normalized spacial score (nSPS) is 14.6. The van der Waals surface area contributed by atoms with Gasteiger partial charge in [0, 0.05) is 49.5 Å². The second kappa shape index (κ2) is 6.84. The van der Waals surface area contributed by atoms with Crippen LogP contribution in [-0.2, 0) is 4.74 Å². The van der Waals surface area contributed by atoms with Crippen LogP contribution < -0.4 is 15.4 Å². The summed E-state index contributed by atoms with van der Waals surface area (Å²) >= 11 is 0. The minimum Gasteiger partial charge on any atom is -0.378 e. The molecule has 1 aromatic heterocycles. The minimum absolute atomic E-state index is 0.0545. The van der Waals surface area contributed by atoms with Gasteiger partial charge in [-0.05, 0) is 29.7 Å². The van der Waals surface area contributed by atoms with Gasteiger partial charge in [-0.2, -0.15) is 0 Å². The summed E-state index contributed by atoms with van der Waals surface area (Å²) in [5, 5.41) is 1.68. The van der Waals surface area contributed by atoms with E-state index in [0.29, 0.717) is 0 Å². The van der Waals surface area contributed by atoms with E-state index in [9.17, 15) is 4.79 Å². The topological polar surface area (TPSA) is 48.6 Å². The zero-order valence-electron chi connectivity index (χ0n) is 15.2. The van der Waals surface area contributed by atoms with Crippen molar-refractivity contribution in [3.05, 3.63) is 58.9 Å². The zero-order valence-corrected chi connectivity index (χ0v) is 15.2. The average molecular weight is 349 g/mol. The molecule has 1 saturated heterocycles. The van der Waals surface area contributed by atoms with Crippen LogP contribution in [0.2, 0.25) is 0 Å². The summed E-state index contributed by atoms with van der Waals surface area (Å²) in [6.07, 6.45) is 0. The largest absolute Gasteiger partial charge is 0.378 e. The molecule has 0 unspecified atom stereocenters. The highest BCUT2D eigenvalue weighted by molar-refractivity contribution is 5.89. The molecule has 1 aliphatic heterocycles. The summed E-state index contributed by atoms with van der Waals surface area (Å²) in [4.78, 5) is 20.2. The van der Waals surface area contributed by atoms with Gasteiger partial charge in [-0.1, -0.05) is 24.3 Å². The van der Waals surface area contributed by atoms with Crippen molar-refractivity contribution in [1.29, 1.82) is 0 Å². The van der Waals surface area contributed by atoms with Crippen LogP contribution in [0.25, 0.3) is 22.0 Å². The second-order valence-corrected chi connectivity index (χ2v) is 6.79. The van der Waals surface area contributed by atoms with Crippen LogP contribution in [-0.4, -0.2) is 45.4 Å². The van der Waals surface area contributed by atoms with Gasteiger partial charge in [-0.25, -0.2) is 0 Å². The van der Waals surface area contributed by atoms with Crippen molar-refractivity contribution in [2.45, 2.75) is 0 Å². The lowest BCUT2D eigenvalue weighted by Crippen LogP contribution is -2.36. The fraction of sp³-hybridized carbons (Fsp3) is 0.286. The number of morpholine rings is 1. The summed E-state index contributed by atoms with van der Waals surface area (Å²) in [5.41, 5.74) is 3.96. The molecule has 0 aliphatic carbocycles. The SMILES string of the molecule is CN(C)c1ccccc1-c1cc2ccc(N3CCOCC3)cc2c(=O)[nH]1. The van der Waals surface area contributed by atoms with E-state index < -0.39 is 0 Å². The fourth-order valence-electron chi connectivity index (χ4n) is 3.50. The quantitative estimate of drug-likeness (QED) is 0.789. The van der Waals surface area contributed by atoms with Crippen molar-refractivity contribution < 1.29 is 4.74 Å². The predicted octanol–water partition coefficient (Wildman–Crippen LogP) is 3.10. The van der Waals surface area contributed by atoms with Gasteiger partial charge < -0.3 is 19.5 Å². The van der Waals surface area contributed by atoms with E-state index >= 15 is 0 Å². The summed E-state index contributed by atoms with van der Waals surface area (Å²) in [6.45, 7) is 3.18. The van der Waals surface area contributed by atoms with Crippen LogP contribution in [0.15, 0.2) is 53.3 Å². The van der Waals surface area contributed by atoms with Gasteiger partial charge in [-0.3, -0.25) is 4.79 Å². The number of aromatic amines is 1. The molecule has 4 rings (SSSR count). The van der Waals surface area contributed by atoms with Gasteiger partial charge in [0.15, 0.2) is 0 Å². The van der Waals surface area contributed by atoms with Gasteiger partial charge >= 0.3 is 0 Å². The third-order valence-corrected chi connectivity index (χ3v) is 4.88. The van der Waals surface area contributed by atoms with E-state index in [1.165, 1.54) is 0 Å². The smallest absolute Gasteiger partial charge is 0.256 e. The van der Waals surface area contributed by atoms with Crippen LogP contribution in [0.5, 0.6) is 0 Å². The fourth-order valence-corrected chi connectivity index (χ4v) is 3.50. The Bertz CT molecular complexity index is 988. The lowest BCUT2D eigenvalue weighted by atomic mass is 10.0. The molecule has 0 radical (unpaired) electrons. The van der Waals surface area contributed by atoms with E-state index in [1.54, 1.807) is 0 Å². The first kappa shape index (κ1) is 16.7. The highest BCUT2D eigenvalue weighted by atomic mass is 16.5. The van der Waals surface area contributed by atoms with E-state index in [-0.39, 0.29) is 5.56 Å². The molecule has 0 saturated carbocycles. The maximum absolute atomic E-state index is 12.8. The number of ether oxygens (including phenoxy) is 1. The van der Waals surface area contributed by atoms with Crippen molar-refractivity contribution in [1.82, 2.24) is 4.98 Å². The molecule has 0 amide bonds. The number of para-hydroxylation sites is 1. The van der Waals surface area contributed by atoms with E-state index in [1.807, 2.05) is 44.4 Å². The highest BCUT2D eigenvalue weighted by Crippen LogP contribution is 2.30. The number of nitrogens with one attached hydrogen (secondary N) is 1. The lowest BCUT2D eigenvalue weighted by Gasteiger charge is -2.29. The molecule has 1 aliphatic rings. The van der Waals surface area contributed by atoms with Gasteiger partial charge in [0.25, 0.3) is 5.56 Å². The molecular weight excluding hydrogens is 326 g/mol. The minimum atomic E-state index is -0.0545. The molecule has 0 bridgehead atoms. The average Bonchev–Trinajstić information content (AvgIpc) is 2.68. The molecule has 1 N–H and O–H groups in total. The van der Waals surface area contributed by atoms with Crippen molar-refractivity contribution in [2.75, 3.05) is 50.2 Å². The monoisotopic (exact) mass is 349 g/mol. The Morgan fingerprint density at radius 1 is 1.04 bits per heavy atom. The number of nitrogens with zero attached hydrogens (tertiary/aromatic N) is 2. The Balaban J connectivity index is 1.80. The molecule has 2 heterocycles. The number of aromatic nitrogens is 1. The Morgan fingerprint density at radius 2 is 1.81 bits per heavy atom. The zero-order chi connectivity index (χ0) is 18.1. The third kappa shape index (κ3) is 3.06. The highest BCUT2D eigenvalue weighted by Gasteiger charge is 2.14. The molecule has 1 fully saturated rings. The maximum atomic E-state index is 12.8. The van der Waals surface area contributed by atoms with Crippen LogP contribution in [0, 0.1) is 0 Å². The van der Waals surface area contributed by atoms with Crippen molar-refractivity contribution in [3.63, 3.8) is 0 Å². The number of hydrogen-bond donors (Lipinski definition) is 1. The number of H-pyrrole nitrogens is 1. The van der Waals surface area contributed by atoms with Crippen LogP contribution in [0.1, 0.15) is 0 Å². The summed E-state index contributed by atoms with van der Waals surface area (Å²) in [5.74, 6) is 0. The van der Waals surface area contributed by atoms with Crippen molar-refractivity contribution >= 4 is 22.1 Å². The third-order valence-electron chi connectivity index (χ3n) is 4.88. The number of rotatable bonds is 3. The van der Waals surface area contributed by atoms with Gasteiger partial charge in [0.05, 0.1) is 18.9 Å². The van der Waals surface area contributed by atoms with Crippen LogP contribution in [0.3, 0.4) is 0 Å². The number of anilines is 2. The summed E-state index contributed by atoms with van der Waals surface area (Å²) in [7, 11) is 4.01. The van der Waals surface area contributed by atoms with Crippen LogP contribution in [0.4, 0.5) is 11.4 Å². The molecule has 3 aromatic rings. The summed E-state index contributed by atoms with van der Waals surface area (Å²) < 4.78 is 5.41. The second-order valence-electron chi connectivity index (χ2n) is 6.79. The van der Waals surface area contributed by atoms with Crippen molar-refractivity contribution in [3.8, 4) is 11.3 Å². The number of fused-ring (bicyclic) bond motifs is 1. The molecule has 26 heavy (non-hydrogen) atoms. The Kier molecular flexibility index (Phi) is 4.39. The maximum Gasteiger partial charge on any atom is 0.256 e. The first-order chi connectivity index (χ1) is 12.6. The number of benzene rings is 2. The first-order valence-corrected chi connectivity index (χ1v) is 8.90. The number of hydrogen-bond acceptors (Lipinski definition) is 4. The Hall–Kier alpha value is -2.79. The first-order valence-electron chi connectivity index (χ1n) is 8.90. The molecule has 134 valence electrons. The van der Waals surface area contributed by atoms with Crippen molar-refractivity contribution in [2.24, 2.45) is 0 Å². The predicted molar refractivity (Wildman–Crippen MR) is 107 cm³/mol. The number of pyridine rings is 1.